The molecule has 0 saturated heterocycles. The van der Waals surface area contributed by atoms with Crippen molar-refractivity contribution in [2.75, 3.05) is 0 Å². The van der Waals surface area contributed by atoms with E-state index in [-0.39, 0.29) is 11.9 Å². The van der Waals surface area contributed by atoms with Crippen LogP contribution in [0.5, 0.6) is 0 Å². The van der Waals surface area contributed by atoms with E-state index in [9.17, 15) is 4.79 Å². The van der Waals surface area contributed by atoms with E-state index < -0.39 is 0 Å². The number of carbonyl (C=O) groups excluding carboxylic acids is 1. The van der Waals surface area contributed by atoms with Gasteiger partial charge in [0.15, 0.2) is 0 Å². The molecular weight excluding hydrogens is 378 g/mol. The monoisotopic (exact) mass is 403 g/mol. The molecule has 1 fully saturated rings. The number of rotatable bonds is 6. The average molecular weight is 404 g/mol. The Hall–Kier alpha value is -3.65. The van der Waals surface area contributed by atoms with Gasteiger partial charge in [-0.1, -0.05) is 103 Å². The number of hydrogen-bond donors (Lipinski definition) is 0. The molecule has 1 aliphatic carbocycles. The van der Waals surface area contributed by atoms with Crippen LogP contribution in [0.3, 0.4) is 0 Å². The van der Waals surface area contributed by atoms with Crippen LogP contribution in [-0.4, -0.2) is 16.8 Å². The van der Waals surface area contributed by atoms with Crippen molar-refractivity contribution in [3.63, 3.8) is 0 Å². The Morgan fingerprint density at radius 1 is 0.677 bits per heavy atom. The molecule has 2 heteroatoms. The Morgan fingerprint density at radius 3 is 1.87 bits per heavy atom. The van der Waals surface area contributed by atoms with E-state index in [1.807, 2.05) is 66.7 Å². The largest absolute Gasteiger partial charge is 0.331 e. The molecule has 0 heterocycles. The Labute approximate surface area is 183 Å². The highest BCUT2D eigenvalue weighted by Crippen LogP contribution is 2.45. The van der Waals surface area contributed by atoms with E-state index in [2.05, 4.69) is 53.4 Å². The predicted octanol–water partition coefficient (Wildman–Crippen LogP) is 6.55. The predicted molar refractivity (Wildman–Crippen MR) is 126 cm³/mol. The standard InChI is InChI=1S/C29H25NO/c31-29(26-18-16-24(17-19-26)23-12-6-2-7-13-23)30(21-22-10-4-1-5-11-22)28-20-27(28)25-14-8-3-9-15-25/h1-19,27-28H,20-21H2. The fraction of sp³-hybridized carbons (Fsp3) is 0.138. The summed E-state index contributed by atoms with van der Waals surface area (Å²) in [4.78, 5) is 15.6. The minimum absolute atomic E-state index is 0.104. The molecule has 0 aliphatic heterocycles. The molecule has 0 spiro atoms. The van der Waals surface area contributed by atoms with Gasteiger partial charge in [0, 0.05) is 24.1 Å². The van der Waals surface area contributed by atoms with Crippen LogP contribution in [-0.2, 0) is 6.54 Å². The van der Waals surface area contributed by atoms with Crippen molar-refractivity contribution < 1.29 is 4.79 Å². The summed E-state index contributed by atoms with van der Waals surface area (Å²) in [6, 6.07) is 39.3. The van der Waals surface area contributed by atoms with Crippen molar-refractivity contribution in [3.05, 3.63) is 132 Å². The van der Waals surface area contributed by atoms with Gasteiger partial charge in [0.2, 0.25) is 0 Å². The molecule has 1 amide bonds. The first-order valence-corrected chi connectivity index (χ1v) is 10.8. The highest BCUT2D eigenvalue weighted by Gasteiger charge is 2.44. The molecule has 2 unspecified atom stereocenters. The zero-order valence-electron chi connectivity index (χ0n) is 17.4. The zero-order chi connectivity index (χ0) is 21.0. The summed E-state index contributed by atoms with van der Waals surface area (Å²) in [7, 11) is 0. The van der Waals surface area contributed by atoms with Crippen LogP contribution >= 0.6 is 0 Å². The van der Waals surface area contributed by atoms with Gasteiger partial charge in [0.25, 0.3) is 5.91 Å². The number of carbonyl (C=O) groups is 1. The maximum atomic E-state index is 13.6. The molecule has 2 nitrogen and oxygen atoms in total. The third-order valence-electron chi connectivity index (χ3n) is 6.08. The summed E-state index contributed by atoms with van der Waals surface area (Å²) < 4.78 is 0. The summed E-state index contributed by atoms with van der Waals surface area (Å²) in [5.41, 5.74) is 5.51. The van der Waals surface area contributed by atoms with E-state index in [1.165, 1.54) is 5.56 Å². The zero-order valence-corrected chi connectivity index (χ0v) is 17.4. The van der Waals surface area contributed by atoms with E-state index in [1.54, 1.807) is 0 Å². The van der Waals surface area contributed by atoms with Crippen LogP contribution < -0.4 is 0 Å². The van der Waals surface area contributed by atoms with Crippen LogP contribution in [0, 0.1) is 0 Å². The Balaban J connectivity index is 1.40. The molecule has 5 rings (SSSR count). The third-order valence-corrected chi connectivity index (χ3v) is 6.08. The fourth-order valence-electron chi connectivity index (χ4n) is 4.31. The molecule has 152 valence electrons. The van der Waals surface area contributed by atoms with Gasteiger partial charge in [0.05, 0.1) is 0 Å². The van der Waals surface area contributed by atoms with Gasteiger partial charge >= 0.3 is 0 Å². The number of hydrogen-bond acceptors (Lipinski definition) is 1. The molecule has 0 bridgehead atoms. The Bertz CT molecular complexity index is 1140. The lowest BCUT2D eigenvalue weighted by Crippen LogP contribution is -2.33. The second kappa shape index (κ2) is 8.61. The minimum atomic E-state index is 0.104. The molecule has 4 aromatic rings. The van der Waals surface area contributed by atoms with Crippen molar-refractivity contribution in [2.45, 2.75) is 24.9 Å². The van der Waals surface area contributed by atoms with Crippen molar-refractivity contribution in [1.29, 1.82) is 0 Å². The molecule has 1 aliphatic rings. The normalized spacial score (nSPS) is 17.2. The van der Waals surface area contributed by atoms with Crippen molar-refractivity contribution in [3.8, 4) is 11.1 Å². The molecular formula is C29H25NO. The lowest BCUT2D eigenvalue weighted by molar-refractivity contribution is 0.0726. The summed E-state index contributed by atoms with van der Waals surface area (Å²) >= 11 is 0. The van der Waals surface area contributed by atoms with Crippen LogP contribution in [0.15, 0.2) is 115 Å². The van der Waals surface area contributed by atoms with Gasteiger partial charge in [0.1, 0.15) is 0 Å². The number of amides is 1. The quantitative estimate of drug-likeness (QED) is 0.357. The summed E-state index contributed by atoms with van der Waals surface area (Å²) in [5, 5.41) is 0. The van der Waals surface area contributed by atoms with Crippen LogP contribution in [0.4, 0.5) is 0 Å². The first kappa shape index (κ1) is 19.3. The minimum Gasteiger partial charge on any atom is -0.331 e. The van der Waals surface area contributed by atoms with E-state index >= 15 is 0 Å². The first-order chi connectivity index (χ1) is 15.3. The van der Waals surface area contributed by atoms with E-state index in [0.717, 1.165) is 28.7 Å². The third kappa shape index (κ3) is 4.29. The van der Waals surface area contributed by atoms with Crippen LogP contribution in [0.25, 0.3) is 11.1 Å². The van der Waals surface area contributed by atoms with Crippen LogP contribution in [0.2, 0.25) is 0 Å². The molecule has 1 saturated carbocycles. The lowest BCUT2D eigenvalue weighted by Gasteiger charge is -2.24. The highest BCUT2D eigenvalue weighted by atomic mass is 16.2. The maximum Gasteiger partial charge on any atom is 0.254 e. The van der Waals surface area contributed by atoms with Gasteiger partial charge in [-0.3, -0.25) is 4.79 Å². The highest BCUT2D eigenvalue weighted by molar-refractivity contribution is 5.95. The summed E-state index contributed by atoms with van der Waals surface area (Å²) in [5.74, 6) is 0.518. The van der Waals surface area contributed by atoms with Crippen molar-refractivity contribution >= 4 is 5.91 Å². The second-order valence-electron chi connectivity index (χ2n) is 8.18. The molecule has 2 atom stereocenters. The van der Waals surface area contributed by atoms with E-state index in [4.69, 9.17) is 0 Å². The van der Waals surface area contributed by atoms with Crippen LogP contribution in [0.1, 0.15) is 33.8 Å². The molecule has 0 N–H and O–H groups in total. The summed E-state index contributed by atoms with van der Waals surface area (Å²) in [6.45, 7) is 0.633. The molecule has 31 heavy (non-hydrogen) atoms. The topological polar surface area (TPSA) is 20.3 Å². The van der Waals surface area contributed by atoms with Gasteiger partial charge in [-0.15, -0.1) is 0 Å². The first-order valence-electron chi connectivity index (χ1n) is 10.8. The molecule has 4 aromatic carbocycles. The number of nitrogens with zero attached hydrogens (tertiary/aromatic N) is 1. The van der Waals surface area contributed by atoms with Gasteiger partial charge in [-0.25, -0.2) is 0 Å². The average Bonchev–Trinajstić information content (AvgIpc) is 3.65. The molecule has 0 radical (unpaired) electrons. The molecule has 0 aromatic heterocycles. The Morgan fingerprint density at radius 2 is 1.23 bits per heavy atom. The summed E-state index contributed by atoms with van der Waals surface area (Å²) in [6.07, 6.45) is 1.02. The number of benzene rings is 4. The van der Waals surface area contributed by atoms with Crippen molar-refractivity contribution in [2.24, 2.45) is 0 Å². The second-order valence-corrected chi connectivity index (χ2v) is 8.18. The van der Waals surface area contributed by atoms with Gasteiger partial charge in [-0.2, -0.15) is 0 Å². The maximum absolute atomic E-state index is 13.6. The smallest absolute Gasteiger partial charge is 0.254 e. The Kier molecular flexibility index (Phi) is 5.37. The SMILES string of the molecule is O=C(c1ccc(-c2ccccc2)cc1)N(Cc1ccccc1)C1CC1c1ccccc1. The van der Waals surface area contributed by atoms with Gasteiger partial charge in [-0.05, 0) is 40.8 Å². The lowest BCUT2D eigenvalue weighted by atomic mass is 10.0. The van der Waals surface area contributed by atoms with Gasteiger partial charge < -0.3 is 4.90 Å². The van der Waals surface area contributed by atoms with E-state index in [0.29, 0.717) is 12.5 Å². The fourth-order valence-corrected chi connectivity index (χ4v) is 4.31. The van der Waals surface area contributed by atoms with Crippen molar-refractivity contribution in [1.82, 2.24) is 4.90 Å².